The average Bonchev–Trinajstić information content (AvgIpc) is 2.82. The van der Waals surface area contributed by atoms with E-state index < -0.39 is 5.60 Å². The first-order valence-corrected chi connectivity index (χ1v) is 7.14. The molecule has 1 amide bonds. The van der Waals surface area contributed by atoms with Gasteiger partial charge in [0.25, 0.3) is 0 Å². The van der Waals surface area contributed by atoms with Crippen LogP contribution in [0.3, 0.4) is 0 Å². The zero-order chi connectivity index (χ0) is 12.8. The van der Waals surface area contributed by atoms with Crippen molar-refractivity contribution in [1.82, 2.24) is 5.43 Å². The summed E-state index contributed by atoms with van der Waals surface area (Å²) in [6.07, 6.45) is 6.36. The molecule has 0 saturated heterocycles. The third-order valence-electron chi connectivity index (χ3n) is 3.20. The second-order valence-corrected chi connectivity index (χ2v) is 5.75. The van der Waals surface area contributed by atoms with Crippen molar-refractivity contribution in [2.24, 2.45) is 5.10 Å². The van der Waals surface area contributed by atoms with Crippen LogP contribution in [-0.2, 0) is 4.79 Å². The molecule has 1 aromatic rings. The van der Waals surface area contributed by atoms with Gasteiger partial charge in [0.05, 0.1) is 18.2 Å². The van der Waals surface area contributed by atoms with E-state index in [4.69, 9.17) is 0 Å². The summed E-state index contributed by atoms with van der Waals surface area (Å²) >= 11 is 1.56. The van der Waals surface area contributed by atoms with E-state index in [9.17, 15) is 9.90 Å². The Morgan fingerprint density at radius 2 is 2.28 bits per heavy atom. The Bertz CT molecular complexity index is 409. The number of aliphatic hydroxyl groups is 1. The van der Waals surface area contributed by atoms with E-state index >= 15 is 0 Å². The van der Waals surface area contributed by atoms with E-state index in [2.05, 4.69) is 10.5 Å². The van der Waals surface area contributed by atoms with Crippen LogP contribution in [0, 0.1) is 0 Å². The number of rotatable bonds is 4. The van der Waals surface area contributed by atoms with Gasteiger partial charge in [-0.1, -0.05) is 25.3 Å². The number of thiophene rings is 1. The molecule has 5 heteroatoms. The minimum Gasteiger partial charge on any atom is -0.389 e. The third-order valence-corrected chi connectivity index (χ3v) is 4.00. The fourth-order valence-corrected chi connectivity index (χ4v) is 2.84. The highest BCUT2D eigenvalue weighted by atomic mass is 32.1. The lowest BCUT2D eigenvalue weighted by molar-refractivity contribution is -0.127. The van der Waals surface area contributed by atoms with Crippen LogP contribution in [0.25, 0.3) is 0 Å². The zero-order valence-corrected chi connectivity index (χ0v) is 11.1. The predicted octanol–water partition coefficient (Wildman–Crippen LogP) is 2.28. The molecular formula is C13H18N2O2S. The maximum atomic E-state index is 11.7. The second-order valence-electron chi connectivity index (χ2n) is 4.77. The number of nitrogens with one attached hydrogen (secondary N) is 1. The Balaban J connectivity index is 1.78. The first-order valence-electron chi connectivity index (χ1n) is 6.26. The van der Waals surface area contributed by atoms with E-state index in [0.717, 1.165) is 37.0 Å². The molecule has 0 unspecified atom stereocenters. The molecule has 18 heavy (non-hydrogen) atoms. The molecule has 4 nitrogen and oxygen atoms in total. The molecule has 0 aromatic carbocycles. The van der Waals surface area contributed by atoms with E-state index in [0.29, 0.717) is 0 Å². The first kappa shape index (κ1) is 13.2. The minimum atomic E-state index is -0.819. The highest BCUT2D eigenvalue weighted by Gasteiger charge is 2.31. The summed E-state index contributed by atoms with van der Waals surface area (Å²) in [5.41, 5.74) is 1.65. The minimum absolute atomic E-state index is 0.148. The lowest BCUT2D eigenvalue weighted by Crippen LogP contribution is -2.37. The normalized spacial score (nSPS) is 18.9. The maximum absolute atomic E-state index is 11.7. The van der Waals surface area contributed by atoms with Crippen LogP contribution >= 0.6 is 11.3 Å². The zero-order valence-electron chi connectivity index (χ0n) is 10.3. The topological polar surface area (TPSA) is 61.7 Å². The number of hydrazone groups is 1. The Morgan fingerprint density at radius 1 is 1.50 bits per heavy atom. The van der Waals surface area contributed by atoms with Crippen molar-refractivity contribution >= 4 is 23.5 Å². The van der Waals surface area contributed by atoms with E-state index in [1.54, 1.807) is 17.6 Å². The van der Waals surface area contributed by atoms with Gasteiger partial charge >= 0.3 is 0 Å². The third kappa shape index (κ3) is 3.92. The summed E-state index contributed by atoms with van der Waals surface area (Å²) in [4.78, 5) is 12.7. The van der Waals surface area contributed by atoms with Gasteiger partial charge in [0.15, 0.2) is 0 Å². The number of carbonyl (C=O) groups excluding carboxylic acids is 1. The van der Waals surface area contributed by atoms with Gasteiger partial charge in [0.2, 0.25) is 5.91 Å². The van der Waals surface area contributed by atoms with Crippen molar-refractivity contribution in [2.45, 2.75) is 44.1 Å². The highest BCUT2D eigenvalue weighted by molar-refractivity contribution is 7.11. The molecule has 0 bridgehead atoms. The molecule has 1 fully saturated rings. The fraction of sp³-hybridized carbons (Fsp3) is 0.538. The SMILES string of the molecule is O=C(CC1(O)CCCCC1)N/N=C/c1cccs1. The molecule has 0 atom stereocenters. The van der Waals surface area contributed by atoms with Gasteiger partial charge in [-0.3, -0.25) is 4.79 Å². The Kier molecular flexibility index (Phi) is 4.49. The van der Waals surface area contributed by atoms with Crippen molar-refractivity contribution in [1.29, 1.82) is 0 Å². The summed E-state index contributed by atoms with van der Waals surface area (Å²) in [5.74, 6) is -0.216. The molecule has 0 radical (unpaired) electrons. The van der Waals surface area contributed by atoms with Gasteiger partial charge in [0, 0.05) is 4.88 Å². The van der Waals surface area contributed by atoms with Gasteiger partial charge in [-0.2, -0.15) is 5.10 Å². The molecule has 98 valence electrons. The smallest absolute Gasteiger partial charge is 0.242 e. The number of amides is 1. The van der Waals surface area contributed by atoms with Gasteiger partial charge in [0.1, 0.15) is 0 Å². The van der Waals surface area contributed by atoms with Crippen molar-refractivity contribution in [3.63, 3.8) is 0 Å². The van der Waals surface area contributed by atoms with Crippen molar-refractivity contribution in [2.75, 3.05) is 0 Å². The largest absolute Gasteiger partial charge is 0.389 e. The van der Waals surface area contributed by atoms with E-state index in [1.807, 2.05) is 17.5 Å². The molecule has 1 aliphatic carbocycles. The average molecular weight is 266 g/mol. The molecule has 2 rings (SSSR count). The van der Waals surface area contributed by atoms with Crippen LogP contribution in [0.4, 0.5) is 0 Å². The van der Waals surface area contributed by atoms with Crippen LogP contribution in [0.5, 0.6) is 0 Å². The Hall–Kier alpha value is -1.20. The lowest BCUT2D eigenvalue weighted by Gasteiger charge is -2.30. The van der Waals surface area contributed by atoms with E-state index in [1.165, 1.54) is 0 Å². The molecule has 0 spiro atoms. The number of carbonyl (C=O) groups is 1. The molecular weight excluding hydrogens is 248 g/mol. The summed E-state index contributed by atoms with van der Waals surface area (Å²) in [7, 11) is 0. The summed E-state index contributed by atoms with van der Waals surface area (Å²) in [5, 5.41) is 16.1. The summed E-state index contributed by atoms with van der Waals surface area (Å²) < 4.78 is 0. The molecule has 1 aromatic heterocycles. The monoisotopic (exact) mass is 266 g/mol. The van der Waals surface area contributed by atoms with Crippen LogP contribution in [0.1, 0.15) is 43.4 Å². The van der Waals surface area contributed by atoms with Gasteiger partial charge in [-0.15, -0.1) is 11.3 Å². The van der Waals surface area contributed by atoms with Crippen LogP contribution in [0.15, 0.2) is 22.6 Å². The van der Waals surface area contributed by atoms with Crippen molar-refractivity contribution in [3.05, 3.63) is 22.4 Å². The van der Waals surface area contributed by atoms with Crippen LogP contribution in [0.2, 0.25) is 0 Å². The standard InChI is InChI=1S/C13H18N2O2S/c16-12(9-13(17)6-2-1-3-7-13)15-14-10-11-5-4-8-18-11/h4-5,8,10,17H,1-3,6-7,9H2,(H,15,16)/b14-10+. The first-order chi connectivity index (χ1) is 8.68. The quantitative estimate of drug-likeness (QED) is 0.649. The second kappa shape index (κ2) is 6.11. The Labute approximate surface area is 111 Å². The van der Waals surface area contributed by atoms with Crippen molar-refractivity contribution in [3.8, 4) is 0 Å². The van der Waals surface area contributed by atoms with Crippen LogP contribution in [-0.4, -0.2) is 22.8 Å². The molecule has 2 N–H and O–H groups in total. The van der Waals surface area contributed by atoms with Gasteiger partial charge in [-0.05, 0) is 24.3 Å². The maximum Gasteiger partial charge on any atom is 0.242 e. The molecule has 1 aliphatic rings. The number of hydrogen-bond acceptors (Lipinski definition) is 4. The predicted molar refractivity (Wildman–Crippen MR) is 72.7 cm³/mol. The van der Waals surface area contributed by atoms with E-state index in [-0.39, 0.29) is 12.3 Å². The summed E-state index contributed by atoms with van der Waals surface area (Å²) in [6, 6.07) is 3.85. The van der Waals surface area contributed by atoms with Crippen LogP contribution < -0.4 is 5.43 Å². The van der Waals surface area contributed by atoms with Crippen molar-refractivity contribution < 1.29 is 9.90 Å². The highest BCUT2D eigenvalue weighted by Crippen LogP contribution is 2.30. The molecule has 1 saturated carbocycles. The fourth-order valence-electron chi connectivity index (χ4n) is 2.26. The Morgan fingerprint density at radius 3 is 2.94 bits per heavy atom. The lowest BCUT2D eigenvalue weighted by atomic mass is 9.82. The summed E-state index contributed by atoms with van der Waals surface area (Å²) in [6.45, 7) is 0. The number of hydrogen-bond donors (Lipinski definition) is 2. The number of nitrogens with zero attached hydrogens (tertiary/aromatic N) is 1. The molecule has 1 heterocycles. The molecule has 0 aliphatic heterocycles. The van der Waals surface area contributed by atoms with Gasteiger partial charge in [-0.25, -0.2) is 5.43 Å². The van der Waals surface area contributed by atoms with Gasteiger partial charge < -0.3 is 5.11 Å².